The average molecular weight is 419 g/mol. The summed E-state index contributed by atoms with van der Waals surface area (Å²) in [6, 6.07) is 20.0. The molecule has 0 saturated heterocycles. The van der Waals surface area contributed by atoms with Gasteiger partial charge in [0.25, 0.3) is 11.8 Å². The molecule has 6 heteroatoms. The molecule has 5 nitrogen and oxygen atoms in total. The van der Waals surface area contributed by atoms with Crippen molar-refractivity contribution >= 4 is 35.2 Å². The number of hydrogen-bond acceptors (Lipinski definition) is 3. The first kappa shape index (κ1) is 19.7. The number of rotatable bonds is 4. The SMILES string of the molecule is Cc1ccc(CNC(=O)c2ccc3c(c2)NC(=O)C(=Cc2ccc(Cl)cc2)O3)cc1. The number of aryl methyl sites for hydroxylation is 1. The highest BCUT2D eigenvalue weighted by Gasteiger charge is 2.23. The van der Waals surface area contributed by atoms with Gasteiger partial charge in [-0.3, -0.25) is 9.59 Å². The summed E-state index contributed by atoms with van der Waals surface area (Å²) in [5, 5.41) is 6.28. The molecular formula is C24H19ClN2O3. The van der Waals surface area contributed by atoms with E-state index in [0.29, 0.717) is 28.6 Å². The van der Waals surface area contributed by atoms with Crippen molar-refractivity contribution in [2.75, 3.05) is 5.32 Å². The van der Waals surface area contributed by atoms with E-state index in [2.05, 4.69) is 10.6 Å². The maximum Gasteiger partial charge on any atom is 0.291 e. The minimum Gasteiger partial charge on any atom is -0.449 e. The maximum atomic E-state index is 12.5. The molecule has 0 atom stereocenters. The Bertz CT molecular complexity index is 1140. The molecule has 1 aliphatic rings. The summed E-state index contributed by atoms with van der Waals surface area (Å²) in [5.74, 6) is 0.0380. The molecule has 3 aromatic rings. The first-order valence-electron chi connectivity index (χ1n) is 9.42. The zero-order valence-corrected chi connectivity index (χ0v) is 17.0. The van der Waals surface area contributed by atoms with E-state index in [1.54, 1.807) is 48.5 Å². The van der Waals surface area contributed by atoms with Gasteiger partial charge in [-0.25, -0.2) is 0 Å². The van der Waals surface area contributed by atoms with Crippen molar-refractivity contribution in [3.63, 3.8) is 0 Å². The van der Waals surface area contributed by atoms with Gasteiger partial charge in [0, 0.05) is 17.1 Å². The van der Waals surface area contributed by atoms with Crippen LogP contribution in [-0.4, -0.2) is 11.8 Å². The van der Waals surface area contributed by atoms with Crippen LogP contribution in [0.5, 0.6) is 5.75 Å². The topological polar surface area (TPSA) is 67.4 Å². The molecule has 0 spiro atoms. The Morgan fingerprint density at radius 1 is 1.07 bits per heavy atom. The zero-order valence-electron chi connectivity index (χ0n) is 16.2. The minimum atomic E-state index is -0.380. The fourth-order valence-corrected chi connectivity index (χ4v) is 3.13. The maximum absolute atomic E-state index is 12.5. The van der Waals surface area contributed by atoms with Crippen molar-refractivity contribution < 1.29 is 14.3 Å². The van der Waals surface area contributed by atoms with E-state index >= 15 is 0 Å². The standard InChI is InChI=1S/C24H19ClN2O3/c1-15-2-4-17(5-3-15)14-26-23(28)18-8-11-21-20(13-18)27-24(29)22(30-21)12-16-6-9-19(25)10-7-16/h2-13H,14H2,1H3,(H,26,28)(H,27,29). The molecule has 0 radical (unpaired) electrons. The third-order valence-corrected chi connectivity index (χ3v) is 4.93. The second-order valence-corrected chi connectivity index (χ2v) is 7.43. The molecule has 1 aliphatic heterocycles. The lowest BCUT2D eigenvalue weighted by molar-refractivity contribution is -0.115. The molecule has 2 N–H and O–H groups in total. The second-order valence-electron chi connectivity index (χ2n) is 7.00. The summed E-state index contributed by atoms with van der Waals surface area (Å²) in [5.41, 5.74) is 3.87. The van der Waals surface area contributed by atoms with Crippen LogP contribution in [0.25, 0.3) is 6.08 Å². The smallest absolute Gasteiger partial charge is 0.291 e. The Morgan fingerprint density at radius 2 is 1.80 bits per heavy atom. The summed E-state index contributed by atoms with van der Waals surface area (Å²) >= 11 is 5.89. The number of carbonyl (C=O) groups is 2. The number of fused-ring (bicyclic) bond motifs is 1. The highest BCUT2D eigenvalue weighted by atomic mass is 35.5. The highest BCUT2D eigenvalue weighted by Crippen LogP contribution is 2.32. The lowest BCUT2D eigenvalue weighted by Crippen LogP contribution is -2.25. The van der Waals surface area contributed by atoms with Crippen LogP contribution in [0.4, 0.5) is 5.69 Å². The first-order valence-corrected chi connectivity index (χ1v) is 9.80. The van der Waals surface area contributed by atoms with Gasteiger partial charge in [0.05, 0.1) is 5.69 Å². The average Bonchev–Trinajstić information content (AvgIpc) is 2.75. The molecule has 30 heavy (non-hydrogen) atoms. The fraction of sp³-hybridized carbons (Fsp3) is 0.0833. The van der Waals surface area contributed by atoms with Crippen LogP contribution in [0.2, 0.25) is 5.02 Å². The number of amides is 2. The van der Waals surface area contributed by atoms with Gasteiger partial charge in [0.2, 0.25) is 0 Å². The van der Waals surface area contributed by atoms with Gasteiger partial charge >= 0.3 is 0 Å². The minimum absolute atomic E-state index is 0.168. The van der Waals surface area contributed by atoms with Crippen LogP contribution in [0.3, 0.4) is 0 Å². The summed E-state index contributed by atoms with van der Waals surface area (Å²) in [7, 11) is 0. The Balaban J connectivity index is 1.47. The number of anilines is 1. The summed E-state index contributed by atoms with van der Waals surface area (Å²) in [4.78, 5) is 24.9. The molecule has 0 aromatic heterocycles. The highest BCUT2D eigenvalue weighted by molar-refractivity contribution is 6.30. The van der Waals surface area contributed by atoms with E-state index in [0.717, 1.165) is 11.1 Å². The molecule has 0 unspecified atom stereocenters. The number of benzene rings is 3. The predicted molar refractivity (Wildman–Crippen MR) is 117 cm³/mol. The second kappa shape index (κ2) is 8.43. The molecule has 0 saturated carbocycles. The van der Waals surface area contributed by atoms with E-state index in [1.807, 2.05) is 31.2 Å². The normalized spacial score (nSPS) is 13.9. The molecule has 2 amide bonds. The number of hydrogen-bond donors (Lipinski definition) is 2. The third kappa shape index (κ3) is 4.53. The van der Waals surface area contributed by atoms with Gasteiger partial charge in [-0.05, 0) is 54.5 Å². The van der Waals surface area contributed by atoms with Gasteiger partial charge in [0.1, 0.15) is 0 Å². The summed E-state index contributed by atoms with van der Waals surface area (Å²) in [6.45, 7) is 2.44. The molecule has 0 aliphatic carbocycles. The molecule has 0 bridgehead atoms. The lowest BCUT2D eigenvalue weighted by Gasteiger charge is -2.20. The van der Waals surface area contributed by atoms with Crippen molar-refractivity contribution in [2.24, 2.45) is 0 Å². The van der Waals surface area contributed by atoms with E-state index in [9.17, 15) is 9.59 Å². The Labute approximate surface area is 179 Å². The number of ether oxygens (including phenoxy) is 1. The van der Waals surface area contributed by atoms with E-state index in [-0.39, 0.29) is 17.6 Å². The van der Waals surface area contributed by atoms with E-state index < -0.39 is 0 Å². The Kier molecular flexibility index (Phi) is 5.55. The molecule has 4 rings (SSSR count). The van der Waals surface area contributed by atoms with Gasteiger partial charge in [-0.2, -0.15) is 0 Å². The van der Waals surface area contributed by atoms with E-state index in [4.69, 9.17) is 16.3 Å². The van der Waals surface area contributed by atoms with Crippen molar-refractivity contribution in [1.82, 2.24) is 5.32 Å². The third-order valence-electron chi connectivity index (χ3n) is 4.68. The number of halogens is 1. The molecule has 3 aromatic carbocycles. The zero-order chi connectivity index (χ0) is 21.1. The number of carbonyl (C=O) groups excluding carboxylic acids is 2. The quantitative estimate of drug-likeness (QED) is 0.589. The largest absolute Gasteiger partial charge is 0.449 e. The van der Waals surface area contributed by atoms with Crippen LogP contribution >= 0.6 is 11.6 Å². The van der Waals surface area contributed by atoms with Crippen molar-refractivity contribution in [1.29, 1.82) is 0 Å². The van der Waals surface area contributed by atoms with Crippen LogP contribution in [0.1, 0.15) is 27.0 Å². The lowest BCUT2D eigenvalue weighted by atomic mass is 10.1. The van der Waals surface area contributed by atoms with Crippen molar-refractivity contribution in [3.8, 4) is 5.75 Å². The van der Waals surface area contributed by atoms with Crippen LogP contribution in [0, 0.1) is 6.92 Å². The van der Waals surface area contributed by atoms with Crippen LogP contribution in [-0.2, 0) is 11.3 Å². The monoisotopic (exact) mass is 418 g/mol. The van der Waals surface area contributed by atoms with Gasteiger partial charge in [-0.15, -0.1) is 0 Å². The molecule has 1 heterocycles. The van der Waals surface area contributed by atoms with E-state index in [1.165, 1.54) is 5.56 Å². The Hall–Kier alpha value is -3.57. The van der Waals surface area contributed by atoms with Gasteiger partial charge in [-0.1, -0.05) is 53.6 Å². The fourth-order valence-electron chi connectivity index (χ4n) is 3.00. The van der Waals surface area contributed by atoms with Crippen molar-refractivity contribution in [3.05, 3.63) is 99.8 Å². The first-order chi connectivity index (χ1) is 14.5. The van der Waals surface area contributed by atoms with Crippen LogP contribution in [0.15, 0.2) is 72.5 Å². The van der Waals surface area contributed by atoms with Crippen LogP contribution < -0.4 is 15.4 Å². The Morgan fingerprint density at radius 3 is 2.53 bits per heavy atom. The summed E-state index contributed by atoms with van der Waals surface area (Å²) in [6.07, 6.45) is 1.64. The molecular weight excluding hydrogens is 400 g/mol. The van der Waals surface area contributed by atoms with Gasteiger partial charge in [0.15, 0.2) is 11.5 Å². The van der Waals surface area contributed by atoms with Crippen molar-refractivity contribution in [2.45, 2.75) is 13.5 Å². The number of nitrogens with one attached hydrogen (secondary N) is 2. The van der Waals surface area contributed by atoms with Gasteiger partial charge < -0.3 is 15.4 Å². The predicted octanol–water partition coefficient (Wildman–Crippen LogP) is 4.95. The molecule has 150 valence electrons. The summed E-state index contributed by atoms with van der Waals surface area (Å²) < 4.78 is 5.74. The molecule has 0 fully saturated rings.